The third kappa shape index (κ3) is 2.61. The van der Waals surface area contributed by atoms with E-state index in [-0.39, 0.29) is 6.04 Å². The predicted molar refractivity (Wildman–Crippen MR) is 85.9 cm³/mol. The van der Waals surface area contributed by atoms with Crippen LogP contribution in [0.1, 0.15) is 35.6 Å². The predicted octanol–water partition coefficient (Wildman–Crippen LogP) is 2.64. The molecule has 0 aliphatic rings. The van der Waals surface area contributed by atoms with Crippen molar-refractivity contribution in [3.05, 3.63) is 40.4 Å². The lowest BCUT2D eigenvalue weighted by atomic mass is 10.0. The van der Waals surface area contributed by atoms with Crippen LogP contribution >= 0.6 is 11.3 Å². The zero-order chi connectivity index (χ0) is 15.0. The lowest BCUT2D eigenvalue weighted by molar-refractivity contribution is 0.539. The number of likely N-dealkylation sites (N-methyl/N-ethyl adjacent to an activating group) is 1. The van der Waals surface area contributed by atoms with E-state index in [1.54, 1.807) is 11.3 Å². The number of rotatable bonds is 5. The maximum Gasteiger partial charge on any atom is 0.193 e. The van der Waals surface area contributed by atoms with Gasteiger partial charge in [0.1, 0.15) is 0 Å². The van der Waals surface area contributed by atoms with E-state index in [1.807, 2.05) is 11.7 Å². The van der Waals surface area contributed by atoms with Gasteiger partial charge in [-0.2, -0.15) is 5.10 Å². The minimum absolute atomic E-state index is 0.258. The molecule has 0 saturated heterocycles. The molecule has 3 aromatic rings. The Morgan fingerprint density at radius 1 is 1.38 bits per heavy atom. The van der Waals surface area contributed by atoms with Gasteiger partial charge in [-0.25, -0.2) is 4.98 Å². The molecule has 0 aliphatic carbocycles. The van der Waals surface area contributed by atoms with Gasteiger partial charge in [0.15, 0.2) is 4.96 Å². The summed E-state index contributed by atoms with van der Waals surface area (Å²) in [6, 6.07) is 0.258. The van der Waals surface area contributed by atoms with Crippen LogP contribution in [0.5, 0.6) is 0 Å². The zero-order valence-electron chi connectivity index (χ0n) is 12.9. The topological polar surface area (TPSA) is 47.1 Å². The highest BCUT2D eigenvalue weighted by Gasteiger charge is 2.21. The highest BCUT2D eigenvalue weighted by molar-refractivity contribution is 7.15. The third-order valence-corrected chi connectivity index (χ3v) is 4.69. The molecule has 0 saturated carbocycles. The Bertz CT molecular complexity index is 723. The van der Waals surface area contributed by atoms with Crippen molar-refractivity contribution in [3.63, 3.8) is 0 Å². The van der Waals surface area contributed by atoms with Crippen LogP contribution in [0.15, 0.2) is 17.8 Å². The number of nitrogens with zero attached hydrogens (tertiary/aromatic N) is 4. The van der Waals surface area contributed by atoms with Crippen molar-refractivity contribution in [2.45, 2.75) is 33.2 Å². The minimum Gasteiger partial charge on any atom is -0.310 e. The first-order valence-corrected chi connectivity index (χ1v) is 8.12. The lowest BCUT2D eigenvalue weighted by Crippen LogP contribution is -2.24. The van der Waals surface area contributed by atoms with Gasteiger partial charge in [-0.15, -0.1) is 11.3 Å². The molecule has 0 amide bonds. The van der Waals surface area contributed by atoms with Gasteiger partial charge in [-0.05, 0) is 20.4 Å². The van der Waals surface area contributed by atoms with Gasteiger partial charge < -0.3 is 5.32 Å². The first kappa shape index (κ1) is 14.3. The molecule has 0 spiro atoms. The second-order valence-corrected chi connectivity index (χ2v) is 6.22. The van der Waals surface area contributed by atoms with Crippen molar-refractivity contribution in [3.8, 4) is 0 Å². The Hall–Kier alpha value is -1.66. The van der Waals surface area contributed by atoms with Gasteiger partial charge in [0.05, 0.1) is 11.4 Å². The monoisotopic (exact) mass is 303 g/mol. The molecular formula is C15H21N5S. The van der Waals surface area contributed by atoms with Gasteiger partial charge in [-0.1, -0.05) is 6.92 Å². The van der Waals surface area contributed by atoms with Crippen molar-refractivity contribution in [1.82, 2.24) is 24.5 Å². The molecule has 6 heteroatoms. The SMILES string of the molecule is CCNC(Cc1cn2ccsc2n1)c1c(C)nn(C)c1C. The van der Waals surface area contributed by atoms with Crippen LogP contribution in [0.2, 0.25) is 0 Å². The number of imidazole rings is 1. The average Bonchev–Trinajstić information content (AvgIpc) is 3.05. The van der Waals surface area contributed by atoms with Gasteiger partial charge >= 0.3 is 0 Å². The fourth-order valence-electron chi connectivity index (χ4n) is 2.90. The quantitative estimate of drug-likeness (QED) is 0.788. The van der Waals surface area contributed by atoms with Crippen molar-refractivity contribution in [2.75, 3.05) is 6.54 Å². The standard InChI is InChI=1S/C15H21N5S/c1-5-16-13(14-10(2)18-19(4)11(14)3)8-12-9-20-6-7-21-15(20)17-12/h6-7,9,13,16H,5,8H2,1-4H3. The molecule has 0 radical (unpaired) electrons. The number of thiazole rings is 1. The molecule has 0 bridgehead atoms. The van der Waals surface area contributed by atoms with Crippen LogP contribution in [0.4, 0.5) is 0 Å². The average molecular weight is 303 g/mol. The molecule has 3 rings (SSSR count). The molecule has 3 heterocycles. The summed E-state index contributed by atoms with van der Waals surface area (Å²) in [6.07, 6.45) is 5.06. The Balaban J connectivity index is 1.92. The van der Waals surface area contributed by atoms with Crippen molar-refractivity contribution in [1.29, 1.82) is 0 Å². The number of aromatic nitrogens is 4. The van der Waals surface area contributed by atoms with E-state index in [4.69, 9.17) is 4.98 Å². The molecule has 0 aliphatic heterocycles. The van der Waals surface area contributed by atoms with Crippen LogP contribution in [0.25, 0.3) is 4.96 Å². The molecule has 5 nitrogen and oxygen atoms in total. The second kappa shape index (κ2) is 5.61. The van der Waals surface area contributed by atoms with E-state index in [0.717, 1.165) is 29.3 Å². The summed E-state index contributed by atoms with van der Waals surface area (Å²) in [6.45, 7) is 7.28. The Labute approximate surface area is 128 Å². The second-order valence-electron chi connectivity index (χ2n) is 5.35. The normalized spacial score (nSPS) is 13.1. The van der Waals surface area contributed by atoms with Gasteiger partial charge in [0.2, 0.25) is 0 Å². The lowest BCUT2D eigenvalue weighted by Gasteiger charge is -2.17. The maximum atomic E-state index is 4.70. The fraction of sp³-hybridized carbons (Fsp3) is 0.467. The van der Waals surface area contributed by atoms with E-state index in [0.29, 0.717) is 0 Å². The molecular weight excluding hydrogens is 282 g/mol. The van der Waals surface area contributed by atoms with Crippen LogP contribution in [0, 0.1) is 13.8 Å². The first-order chi connectivity index (χ1) is 10.1. The number of fused-ring (bicyclic) bond motifs is 1. The van der Waals surface area contributed by atoms with E-state index < -0.39 is 0 Å². The summed E-state index contributed by atoms with van der Waals surface area (Å²) in [4.78, 5) is 5.76. The summed E-state index contributed by atoms with van der Waals surface area (Å²) in [7, 11) is 2.00. The third-order valence-electron chi connectivity index (χ3n) is 3.92. The smallest absolute Gasteiger partial charge is 0.193 e. The zero-order valence-corrected chi connectivity index (χ0v) is 13.7. The van der Waals surface area contributed by atoms with E-state index >= 15 is 0 Å². The number of aryl methyl sites for hydroxylation is 2. The molecule has 1 atom stereocenters. The first-order valence-electron chi connectivity index (χ1n) is 7.24. The van der Waals surface area contributed by atoms with Gasteiger partial charge in [-0.3, -0.25) is 9.08 Å². The molecule has 1 N–H and O–H groups in total. The fourth-order valence-corrected chi connectivity index (χ4v) is 3.62. The summed E-state index contributed by atoms with van der Waals surface area (Å²) in [5.41, 5.74) is 4.74. The number of hydrogen-bond acceptors (Lipinski definition) is 4. The summed E-state index contributed by atoms with van der Waals surface area (Å²) >= 11 is 1.67. The molecule has 0 aromatic carbocycles. The molecule has 3 aromatic heterocycles. The number of hydrogen-bond donors (Lipinski definition) is 1. The highest BCUT2D eigenvalue weighted by Crippen LogP contribution is 2.25. The molecule has 112 valence electrons. The van der Waals surface area contributed by atoms with Crippen LogP contribution in [0.3, 0.4) is 0 Å². The van der Waals surface area contributed by atoms with Crippen LogP contribution in [-0.2, 0) is 13.5 Å². The van der Waals surface area contributed by atoms with Crippen molar-refractivity contribution >= 4 is 16.3 Å². The summed E-state index contributed by atoms with van der Waals surface area (Å²) in [5.74, 6) is 0. The van der Waals surface area contributed by atoms with E-state index in [1.165, 1.54) is 11.3 Å². The summed E-state index contributed by atoms with van der Waals surface area (Å²) < 4.78 is 4.05. The molecule has 0 fully saturated rings. The van der Waals surface area contributed by atoms with Gasteiger partial charge in [0, 0.05) is 48.5 Å². The molecule has 1 unspecified atom stereocenters. The highest BCUT2D eigenvalue weighted by atomic mass is 32.1. The van der Waals surface area contributed by atoms with Crippen molar-refractivity contribution in [2.24, 2.45) is 7.05 Å². The Morgan fingerprint density at radius 2 is 2.19 bits per heavy atom. The van der Waals surface area contributed by atoms with E-state index in [2.05, 4.69) is 53.4 Å². The summed E-state index contributed by atoms with van der Waals surface area (Å²) in [5, 5.41) is 10.2. The Morgan fingerprint density at radius 3 is 2.81 bits per heavy atom. The Kier molecular flexibility index (Phi) is 3.82. The van der Waals surface area contributed by atoms with Crippen LogP contribution in [-0.4, -0.2) is 25.7 Å². The largest absolute Gasteiger partial charge is 0.310 e. The maximum absolute atomic E-state index is 4.70. The number of nitrogens with one attached hydrogen (secondary N) is 1. The van der Waals surface area contributed by atoms with Crippen molar-refractivity contribution < 1.29 is 0 Å². The van der Waals surface area contributed by atoms with E-state index in [9.17, 15) is 0 Å². The van der Waals surface area contributed by atoms with Gasteiger partial charge in [0.25, 0.3) is 0 Å². The minimum atomic E-state index is 0.258. The molecule has 21 heavy (non-hydrogen) atoms. The van der Waals surface area contributed by atoms with Crippen LogP contribution < -0.4 is 5.32 Å².